The van der Waals surface area contributed by atoms with Crippen LogP contribution in [0.25, 0.3) is 0 Å². The summed E-state index contributed by atoms with van der Waals surface area (Å²) in [5, 5.41) is 5.90. The summed E-state index contributed by atoms with van der Waals surface area (Å²) in [5.74, 6) is 0.0519. The second-order valence-electron chi connectivity index (χ2n) is 3.75. The minimum absolute atomic E-state index is 0.0519. The maximum atomic E-state index is 11.2. The van der Waals surface area contributed by atoms with Gasteiger partial charge in [0.2, 0.25) is 5.91 Å². The van der Waals surface area contributed by atoms with E-state index in [2.05, 4.69) is 34.4 Å². The highest BCUT2D eigenvalue weighted by Crippen LogP contribution is 2.02. The SMILES string of the molecule is CCCn1cccc1CNCC(=O)NCC. The van der Waals surface area contributed by atoms with E-state index in [0.29, 0.717) is 13.1 Å². The minimum atomic E-state index is 0.0519. The minimum Gasteiger partial charge on any atom is -0.355 e. The molecule has 16 heavy (non-hydrogen) atoms. The molecule has 1 rings (SSSR count). The fourth-order valence-corrected chi connectivity index (χ4v) is 1.63. The van der Waals surface area contributed by atoms with Gasteiger partial charge >= 0.3 is 0 Å². The van der Waals surface area contributed by atoms with Crippen molar-refractivity contribution in [1.82, 2.24) is 15.2 Å². The maximum absolute atomic E-state index is 11.2. The molecule has 0 saturated heterocycles. The van der Waals surface area contributed by atoms with Crippen molar-refractivity contribution >= 4 is 5.91 Å². The Hall–Kier alpha value is -1.29. The van der Waals surface area contributed by atoms with Crippen molar-refractivity contribution in [2.45, 2.75) is 33.4 Å². The van der Waals surface area contributed by atoms with Crippen LogP contribution in [-0.4, -0.2) is 23.6 Å². The van der Waals surface area contributed by atoms with Gasteiger partial charge in [-0.3, -0.25) is 4.79 Å². The van der Waals surface area contributed by atoms with E-state index in [1.807, 2.05) is 13.0 Å². The van der Waals surface area contributed by atoms with Gasteiger partial charge in [0, 0.05) is 31.5 Å². The molecule has 0 spiro atoms. The number of carbonyl (C=O) groups is 1. The second kappa shape index (κ2) is 7.06. The topological polar surface area (TPSA) is 46.1 Å². The van der Waals surface area contributed by atoms with Crippen molar-refractivity contribution in [3.63, 3.8) is 0 Å². The van der Waals surface area contributed by atoms with Crippen LogP contribution in [0.15, 0.2) is 18.3 Å². The van der Waals surface area contributed by atoms with E-state index in [-0.39, 0.29) is 5.91 Å². The van der Waals surface area contributed by atoms with E-state index >= 15 is 0 Å². The lowest BCUT2D eigenvalue weighted by molar-refractivity contribution is -0.120. The number of nitrogens with zero attached hydrogens (tertiary/aromatic N) is 1. The standard InChI is InChI=1S/C12H21N3O/c1-3-7-15-8-5-6-11(15)9-13-10-12(16)14-4-2/h5-6,8,13H,3-4,7,9-10H2,1-2H3,(H,14,16). The van der Waals surface area contributed by atoms with Gasteiger partial charge in [0.15, 0.2) is 0 Å². The highest BCUT2D eigenvalue weighted by molar-refractivity contribution is 5.77. The van der Waals surface area contributed by atoms with Crippen LogP contribution in [0.3, 0.4) is 0 Å². The van der Waals surface area contributed by atoms with Crippen LogP contribution in [0.2, 0.25) is 0 Å². The predicted molar refractivity (Wildman–Crippen MR) is 65.1 cm³/mol. The van der Waals surface area contributed by atoms with E-state index in [1.165, 1.54) is 5.69 Å². The van der Waals surface area contributed by atoms with Gasteiger partial charge in [-0.2, -0.15) is 0 Å². The number of carbonyl (C=O) groups excluding carboxylic acids is 1. The fourth-order valence-electron chi connectivity index (χ4n) is 1.63. The maximum Gasteiger partial charge on any atom is 0.233 e. The Morgan fingerprint density at radius 3 is 2.94 bits per heavy atom. The van der Waals surface area contributed by atoms with Gasteiger partial charge in [-0.15, -0.1) is 0 Å². The Labute approximate surface area is 97.0 Å². The molecule has 4 nitrogen and oxygen atoms in total. The van der Waals surface area contributed by atoms with Gasteiger partial charge in [-0.25, -0.2) is 0 Å². The zero-order valence-electron chi connectivity index (χ0n) is 10.1. The fraction of sp³-hybridized carbons (Fsp3) is 0.583. The Morgan fingerprint density at radius 1 is 1.44 bits per heavy atom. The molecule has 1 aromatic rings. The number of amides is 1. The summed E-state index contributed by atoms with van der Waals surface area (Å²) >= 11 is 0. The molecular weight excluding hydrogens is 202 g/mol. The van der Waals surface area contributed by atoms with Crippen molar-refractivity contribution in [2.75, 3.05) is 13.1 Å². The van der Waals surface area contributed by atoms with E-state index in [0.717, 1.165) is 19.5 Å². The van der Waals surface area contributed by atoms with Crippen LogP contribution in [0, 0.1) is 0 Å². The first-order chi connectivity index (χ1) is 7.77. The Bertz CT molecular complexity index is 320. The van der Waals surface area contributed by atoms with Gasteiger partial charge in [0.25, 0.3) is 0 Å². The number of aromatic nitrogens is 1. The third-order valence-corrected chi connectivity index (χ3v) is 2.35. The van der Waals surface area contributed by atoms with Gasteiger partial charge in [0.05, 0.1) is 6.54 Å². The van der Waals surface area contributed by atoms with Crippen molar-refractivity contribution in [2.24, 2.45) is 0 Å². The molecule has 0 aliphatic rings. The lowest BCUT2D eigenvalue weighted by Crippen LogP contribution is -2.33. The smallest absolute Gasteiger partial charge is 0.233 e. The van der Waals surface area contributed by atoms with Crippen molar-refractivity contribution in [3.8, 4) is 0 Å². The summed E-state index contributed by atoms with van der Waals surface area (Å²) in [4.78, 5) is 11.2. The quantitative estimate of drug-likeness (QED) is 0.727. The molecule has 0 radical (unpaired) electrons. The van der Waals surface area contributed by atoms with Crippen LogP contribution in [0.1, 0.15) is 26.0 Å². The number of hydrogen-bond donors (Lipinski definition) is 2. The Balaban J connectivity index is 2.31. The Kier molecular flexibility index (Phi) is 5.64. The summed E-state index contributed by atoms with van der Waals surface area (Å²) < 4.78 is 2.21. The number of nitrogens with one attached hydrogen (secondary N) is 2. The van der Waals surface area contributed by atoms with E-state index < -0.39 is 0 Å². The van der Waals surface area contributed by atoms with Gasteiger partial charge < -0.3 is 15.2 Å². The molecule has 0 unspecified atom stereocenters. The molecule has 0 atom stereocenters. The largest absolute Gasteiger partial charge is 0.355 e. The molecule has 0 aromatic carbocycles. The normalized spacial score (nSPS) is 10.4. The first kappa shape index (κ1) is 12.8. The molecule has 0 aliphatic carbocycles. The summed E-state index contributed by atoms with van der Waals surface area (Å²) in [5.41, 5.74) is 1.23. The third kappa shape index (κ3) is 4.06. The zero-order valence-corrected chi connectivity index (χ0v) is 10.1. The summed E-state index contributed by atoms with van der Waals surface area (Å²) in [6, 6.07) is 4.12. The summed E-state index contributed by atoms with van der Waals surface area (Å²) in [6.45, 7) is 6.92. The third-order valence-electron chi connectivity index (χ3n) is 2.35. The monoisotopic (exact) mass is 223 g/mol. The molecule has 90 valence electrons. The molecule has 0 fully saturated rings. The summed E-state index contributed by atoms with van der Waals surface area (Å²) in [6.07, 6.45) is 3.20. The number of hydrogen-bond acceptors (Lipinski definition) is 2. The molecular formula is C12H21N3O. The van der Waals surface area contributed by atoms with E-state index in [1.54, 1.807) is 0 Å². The van der Waals surface area contributed by atoms with Crippen molar-refractivity contribution < 1.29 is 4.79 Å². The molecule has 1 heterocycles. The van der Waals surface area contributed by atoms with Crippen molar-refractivity contribution in [1.29, 1.82) is 0 Å². The number of rotatable bonds is 7. The molecule has 4 heteroatoms. The van der Waals surface area contributed by atoms with E-state index in [4.69, 9.17) is 0 Å². The lowest BCUT2D eigenvalue weighted by atomic mass is 10.4. The van der Waals surface area contributed by atoms with Gasteiger partial charge in [-0.1, -0.05) is 6.92 Å². The molecule has 2 N–H and O–H groups in total. The lowest BCUT2D eigenvalue weighted by Gasteiger charge is -2.09. The molecule has 1 aromatic heterocycles. The van der Waals surface area contributed by atoms with Crippen LogP contribution >= 0.6 is 0 Å². The van der Waals surface area contributed by atoms with E-state index in [9.17, 15) is 4.79 Å². The molecule has 0 bridgehead atoms. The van der Waals surface area contributed by atoms with Crippen LogP contribution in [-0.2, 0) is 17.9 Å². The second-order valence-corrected chi connectivity index (χ2v) is 3.75. The number of likely N-dealkylation sites (N-methyl/N-ethyl adjacent to an activating group) is 1. The van der Waals surface area contributed by atoms with Crippen molar-refractivity contribution in [3.05, 3.63) is 24.0 Å². The number of aryl methyl sites for hydroxylation is 1. The van der Waals surface area contributed by atoms with Crippen LogP contribution in [0.4, 0.5) is 0 Å². The highest BCUT2D eigenvalue weighted by atomic mass is 16.1. The highest BCUT2D eigenvalue weighted by Gasteiger charge is 2.01. The first-order valence-electron chi connectivity index (χ1n) is 5.89. The van der Waals surface area contributed by atoms with Gasteiger partial charge in [0.1, 0.15) is 0 Å². The molecule has 0 saturated carbocycles. The molecule has 0 aliphatic heterocycles. The first-order valence-corrected chi connectivity index (χ1v) is 5.89. The average molecular weight is 223 g/mol. The zero-order chi connectivity index (χ0) is 11.8. The Morgan fingerprint density at radius 2 is 2.25 bits per heavy atom. The average Bonchev–Trinajstić information content (AvgIpc) is 2.67. The predicted octanol–water partition coefficient (Wildman–Crippen LogP) is 1.12. The van der Waals surface area contributed by atoms with Crippen LogP contribution in [0.5, 0.6) is 0 Å². The summed E-state index contributed by atoms with van der Waals surface area (Å²) in [7, 11) is 0. The van der Waals surface area contributed by atoms with Crippen LogP contribution < -0.4 is 10.6 Å². The molecule has 1 amide bonds. The van der Waals surface area contributed by atoms with Gasteiger partial charge in [-0.05, 0) is 25.5 Å².